The Morgan fingerprint density at radius 2 is 1.87 bits per heavy atom. The molecule has 1 amide bonds. The summed E-state index contributed by atoms with van der Waals surface area (Å²) < 4.78 is 4.82. The summed E-state index contributed by atoms with van der Waals surface area (Å²) in [5.74, 6) is 1.41. The maximum Gasteiger partial charge on any atom is 0.246 e. The highest BCUT2D eigenvalue weighted by Crippen LogP contribution is 2.38. The van der Waals surface area contributed by atoms with Crippen LogP contribution in [0.5, 0.6) is 0 Å². The van der Waals surface area contributed by atoms with Gasteiger partial charge in [-0.1, -0.05) is 12.8 Å². The zero-order valence-electron chi connectivity index (χ0n) is 18.3. The van der Waals surface area contributed by atoms with Crippen LogP contribution in [0.2, 0.25) is 25.2 Å². The number of anilines is 4. The van der Waals surface area contributed by atoms with Crippen molar-refractivity contribution in [2.75, 3.05) is 28.7 Å². The molecule has 3 aromatic rings. The van der Waals surface area contributed by atoms with Crippen molar-refractivity contribution in [1.29, 1.82) is 0 Å². The Hall–Kier alpha value is -3.01. The molecule has 4 heterocycles. The summed E-state index contributed by atoms with van der Waals surface area (Å²) in [6.07, 6.45) is 3.98. The monoisotopic (exact) mass is 437 g/mol. The lowest BCUT2D eigenvalue weighted by Crippen LogP contribution is -2.51. The minimum atomic E-state index is -1.09. The third-order valence-electron chi connectivity index (χ3n) is 6.66. The smallest absolute Gasteiger partial charge is 0.246 e. The van der Waals surface area contributed by atoms with Crippen LogP contribution in [0.3, 0.4) is 0 Å². The molecule has 0 aliphatic carbocycles. The van der Waals surface area contributed by atoms with Crippen LogP contribution in [0.4, 0.5) is 23.1 Å². The Kier molecular flexibility index (Phi) is 4.69. The highest BCUT2D eigenvalue weighted by molar-refractivity contribution is 6.77. The Bertz CT molecular complexity index is 1150. The standard InChI is InChI=1S/C21H27N7O2Si/c1-13-9-16-17(26-30-25-16)10-15(13)23-21-22-11-18-20(24-21)28(12-19(29)27(18)2)14-5-7-31(3,4)8-6-14/h9-11,14H,5-8,12H2,1-4H3,(H,22,23,24)/q-1. The summed E-state index contributed by atoms with van der Waals surface area (Å²) in [7, 11) is 0.704. The maximum absolute atomic E-state index is 12.7. The molecule has 0 radical (unpaired) electrons. The van der Waals surface area contributed by atoms with Crippen LogP contribution in [0.1, 0.15) is 18.4 Å². The minimum Gasteiger partial charge on any atom is -0.343 e. The van der Waals surface area contributed by atoms with E-state index in [9.17, 15) is 4.79 Å². The van der Waals surface area contributed by atoms with Crippen molar-refractivity contribution in [2.24, 2.45) is 0 Å². The number of benzene rings is 1. The Morgan fingerprint density at radius 1 is 1.16 bits per heavy atom. The van der Waals surface area contributed by atoms with E-state index in [4.69, 9.17) is 9.61 Å². The van der Waals surface area contributed by atoms with E-state index in [0.29, 0.717) is 29.6 Å². The van der Waals surface area contributed by atoms with E-state index in [-0.39, 0.29) is 5.91 Å². The van der Waals surface area contributed by atoms with Gasteiger partial charge in [0, 0.05) is 18.8 Å². The zero-order chi connectivity index (χ0) is 21.8. The van der Waals surface area contributed by atoms with Crippen LogP contribution >= 0.6 is 0 Å². The minimum absolute atomic E-state index is 0.0821. The van der Waals surface area contributed by atoms with Gasteiger partial charge in [0.2, 0.25) is 11.9 Å². The van der Waals surface area contributed by atoms with Gasteiger partial charge < -0.3 is 15.1 Å². The molecule has 163 valence electrons. The van der Waals surface area contributed by atoms with Gasteiger partial charge in [0.1, 0.15) is 16.7 Å². The molecule has 1 aromatic carbocycles. The fourth-order valence-electron chi connectivity index (χ4n) is 4.52. The fraction of sp³-hybridized carbons (Fsp3) is 0.476. The van der Waals surface area contributed by atoms with Crippen molar-refractivity contribution in [3.63, 3.8) is 0 Å². The van der Waals surface area contributed by atoms with E-state index < -0.39 is 8.07 Å². The van der Waals surface area contributed by atoms with E-state index in [0.717, 1.165) is 35.6 Å². The van der Waals surface area contributed by atoms with Gasteiger partial charge >= 0.3 is 0 Å². The van der Waals surface area contributed by atoms with Crippen molar-refractivity contribution in [3.8, 4) is 0 Å². The molecular formula is C21H27N7O2Si-. The van der Waals surface area contributed by atoms with Crippen LogP contribution in [0, 0.1) is 6.92 Å². The highest BCUT2D eigenvalue weighted by atomic mass is 28.3. The lowest BCUT2D eigenvalue weighted by atomic mass is 10.1. The number of nitrogens with one attached hydrogen (secondary N) is 1. The van der Waals surface area contributed by atoms with Gasteiger partial charge in [0.25, 0.3) is 0 Å². The predicted molar refractivity (Wildman–Crippen MR) is 123 cm³/mol. The van der Waals surface area contributed by atoms with Gasteiger partial charge in [0.15, 0.2) is 5.82 Å². The van der Waals surface area contributed by atoms with Crippen LogP contribution in [0.15, 0.2) is 23.0 Å². The number of likely N-dealkylation sites (N-methyl/N-ethyl adjacent to an activating group) is 1. The molecule has 0 atom stereocenters. The van der Waals surface area contributed by atoms with Crippen molar-refractivity contribution >= 4 is 48.2 Å². The molecule has 31 heavy (non-hydrogen) atoms. The average Bonchev–Trinajstić information content (AvgIpc) is 3.18. The third kappa shape index (κ3) is 3.65. The molecule has 2 aliphatic rings. The second-order valence-corrected chi connectivity index (χ2v) is 14.8. The van der Waals surface area contributed by atoms with Gasteiger partial charge in [-0.3, -0.25) is 4.79 Å². The SMILES string of the molecule is Cc1cc2nonc2cc1Nc1ncc2c(n1)N(C1CC[Si-](C)(C)CC1)CC(=O)N2C. The maximum atomic E-state index is 12.7. The first-order chi connectivity index (χ1) is 14.8. The summed E-state index contributed by atoms with van der Waals surface area (Å²) in [6.45, 7) is 7.27. The molecule has 2 aromatic heterocycles. The number of hydrogen-bond acceptors (Lipinski definition) is 8. The average molecular weight is 438 g/mol. The van der Waals surface area contributed by atoms with Gasteiger partial charge in [-0.2, -0.15) is 30.2 Å². The summed E-state index contributed by atoms with van der Waals surface area (Å²) in [4.78, 5) is 25.9. The Labute approximate surface area is 181 Å². The zero-order valence-corrected chi connectivity index (χ0v) is 19.3. The van der Waals surface area contributed by atoms with E-state index in [2.05, 4.69) is 38.6 Å². The quantitative estimate of drug-likeness (QED) is 0.619. The van der Waals surface area contributed by atoms with Gasteiger partial charge in [-0.05, 0) is 34.9 Å². The molecule has 2 aliphatic heterocycles. The van der Waals surface area contributed by atoms with Crippen molar-refractivity contribution < 1.29 is 9.42 Å². The molecule has 0 spiro atoms. The van der Waals surface area contributed by atoms with Crippen molar-refractivity contribution in [1.82, 2.24) is 20.3 Å². The summed E-state index contributed by atoms with van der Waals surface area (Å²) in [5.41, 5.74) is 3.99. The number of fused-ring (bicyclic) bond motifs is 2. The molecule has 0 bridgehead atoms. The number of carbonyl (C=O) groups excluding carboxylic acids is 1. The Balaban J connectivity index is 1.48. The predicted octanol–water partition coefficient (Wildman–Crippen LogP) is 3.72. The largest absolute Gasteiger partial charge is 0.343 e. The molecule has 1 saturated heterocycles. The van der Waals surface area contributed by atoms with Gasteiger partial charge in [0.05, 0.1) is 12.7 Å². The summed E-state index contributed by atoms with van der Waals surface area (Å²) in [5, 5.41) is 11.1. The first kappa shape index (κ1) is 19.9. The van der Waals surface area contributed by atoms with E-state index in [1.54, 1.807) is 18.1 Å². The molecule has 0 saturated carbocycles. The fourth-order valence-corrected chi connectivity index (χ4v) is 7.00. The Morgan fingerprint density at radius 3 is 2.61 bits per heavy atom. The van der Waals surface area contributed by atoms with Crippen LogP contribution < -0.4 is 15.1 Å². The van der Waals surface area contributed by atoms with Gasteiger partial charge in [-0.15, -0.1) is 8.07 Å². The first-order valence-electron chi connectivity index (χ1n) is 10.7. The van der Waals surface area contributed by atoms with E-state index in [1.807, 2.05) is 19.1 Å². The number of aromatic nitrogens is 4. The van der Waals surface area contributed by atoms with Crippen LogP contribution in [-0.4, -0.2) is 53.9 Å². The third-order valence-corrected chi connectivity index (χ3v) is 9.94. The topological polar surface area (TPSA) is 100 Å². The molecule has 0 unspecified atom stereocenters. The lowest BCUT2D eigenvalue weighted by Gasteiger charge is -2.47. The molecule has 1 N–H and O–H groups in total. The molecule has 1 fully saturated rings. The number of hydrogen-bond donors (Lipinski definition) is 1. The number of carbonyl (C=O) groups is 1. The summed E-state index contributed by atoms with van der Waals surface area (Å²) in [6, 6.07) is 6.71. The van der Waals surface area contributed by atoms with E-state index >= 15 is 0 Å². The second kappa shape index (κ2) is 7.29. The van der Waals surface area contributed by atoms with Crippen molar-refractivity contribution in [2.45, 2.75) is 51.0 Å². The van der Waals surface area contributed by atoms with Crippen LogP contribution in [0.25, 0.3) is 11.0 Å². The first-order valence-corrected chi connectivity index (χ1v) is 14.1. The van der Waals surface area contributed by atoms with E-state index in [1.165, 1.54) is 12.1 Å². The molecular weight excluding hydrogens is 410 g/mol. The van der Waals surface area contributed by atoms with Crippen LogP contribution in [-0.2, 0) is 4.79 Å². The number of aryl methyl sites for hydroxylation is 1. The molecule has 5 rings (SSSR count). The summed E-state index contributed by atoms with van der Waals surface area (Å²) >= 11 is 0. The molecule has 10 heteroatoms. The normalized spacial score (nSPS) is 19.0. The van der Waals surface area contributed by atoms with Gasteiger partial charge in [-0.25, -0.2) is 9.61 Å². The number of rotatable bonds is 3. The number of amides is 1. The molecule has 9 nitrogen and oxygen atoms in total. The highest BCUT2D eigenvalue weighted by Gasteiger charge is 2.34. The van der Waals surface area contributed by atoms with Crippen molar-refractivity contribution in [3.05, 3.63) is 23.9 Å². The number of nitrogens with zero attached hydrogens (tertiary/aromatic N) is 6. The second-order valence-electron chi connectivity index (χ2n) is 9.42. The lowest BCUT2D eigenvalue weighted by molar-refractivity contribution is -0.117.